The number of likely N-dealkylation sites (N-methyl/N-ethyl adjacent to an activating group) is 1. The van der Waals surface area contributed by atoms with Crippen molar-refractivity contribution in [2.45, 2.75) is 26.1 Å². The molecule has 3 aromatic rings. The zero-order chi connectivity index (χ0) is 21.7. The average molecular weight is 402 g/mol. The van der Waals surface area contributed by atoms with Crippen molar-refractivity contribution < 1.29 is 4.79 Å². The van der Waals surface area contributed by atoms with E-state index in [0.29, 0.717) is 0 Å². The van der Waals surface area contributed by atoms with Crippen molar-refractivity contribution in [3.05, 3.63) is 104 Å². The van der Waals surface area contributed by atoms with Crippen molar-refractivity contribution in [2.75, 3.05) is 7.05 Å². The first-order valence-electron chi connectivity index (χ1n) is 9.57. The van der Waals surface area contributed by atoms with E-state index < -0.39 is 23.7 Å². The van der Waals surface area contributed by atoms with Crippen molar-refractivity contribution in [3.63, 3.8) is 0 Å². The maximum Gasteiger partial charge on any atom is 0.331 e. The van der Waals surface area contributed by atoms with E-state index in [0.717, 1.165) is 15.7 Å². The monoisotopic (exact) mass is 402 g/mol. The Balaban J connectivity index is 2.01. The van der Waals surface area contributed by atoms with Crippen molar-refractivity contribution in [1.82, 2.24) is 14.0 Å². The highest BCUT2D eigenvalue weighted by Crippen LogP contribution is 2.27. The highest BCUT2D eigenvalue weighted by Gasteiger charge is 2.25. The van der Waals surface area contributed by atoms with Crippen LogP contribution in [0.3, 0.4) is 0 Å². The second-order valence-electron chi connectivity index (χ2n) is 6.84. The molecule has 0 N–H and O–H groups in total. The van der Waals surface area contributed by atoms with E-state index in [4.69, 9.17) is 0 Å². The van der Waals surface area contributed by atoms with Gasteiger partial charge in [-0.1, -0.05) is 60.7 Å². The summed E-state index contributed by atoms with van der Waals surface area (Å²) in [4.78, 5) is 39.8. The molecule has 0 saturated heterocycles. The molecule has 1 heterocycles. The molecule has 152 valence electrons. The molecule has 30 heavy (non-hydrogen) atoms. The number of nitriles is 1. The van der Waals surface area contributed by atoms with Crippen LogP contribution in [0.1, 0.15) is 29.7 Å². The van der Waals surface area contributed by atoms with Gasteiger partial charge in [0.05, 0.1) is 6.04 Å². The molecule has 0 aliphatic rings. The van der Waals surface area contributed by atoms with Gasteiger partial charge in [-0.05, 0) is 18.1 Å². The van der Waals surface area contributed by atoms with Crippen LogP contribution in [0.5, 0.6) is 0 Å². The molecule has 0 atom stereocenters. The van der Waals surface area contributed by atoms with Crippen LogP contribution in [0.25, 0.3) is 0 Å². The van der Waals surface area contributed by atoms with E-state index in [2.05, 4.69) is 0 Å². The lowest BCUT2D eigenvalue weighted by molar-refractivity contribution is -0.132. The maximum atomic E-state index is 13.1. The number of amides is 1. The van der Waals surface area contributed by atoms with Crippen LogP contribution in [0, 0.1) is 11.3 Å². The van der Waals surface area contributed by atoms with Gasteiger partial charge in [-0.2, -0.15) is 5.26 Å². The molecule has 0 unspecified atom stereocenters. The molecule has 0 bridgehead atoms. The van der Waals surface area contributed by atoms with Gasteiger partial charge in [0.2, 0.25) is 5.91 Å². The third-order valence-corrected chi connectivity index (χ3v) is 5.00. The summed E-state index contributed by atoms with van der Waals surface area (Å²) in [6, 6.07) is 20.5. The zero-order valence-corrected chi connectivity index (χ0v) is 16.9. The standard InChI is InChI=1S/C23H22N4O3/c1-3-26-15-19(14-24)22(29)27(23(26)30)16-20(28)25(2)21(17-10-6-4-7-11-17)18-12-8-5-9-13-18/h4-13,15,21H,3,16H2,1-2H3. The summed E-state index contributed by atoms with van der Waals surface area (Å²) < 4.78 is 2.08. The third kappa shape index (κ3) is 4.08. The molecule has 0 saturated carbocycles. The molecule has 0 fully saturated rings. The lowest BCUT2D eigenvalue weighted by Gasteiger charge is -2.29. The Bertz CT molecular complexity index is 1150. The largest absolute Gasteiger partial charge is 0.333 e. The molecule has 7 heteroatoms. The number of nitrogens with zero attached hydrogens (tertiary/aromatic N) is 4. The van der Waals surface area contributed by atoms with Gasteiger partial charge >= 0.3 is 5.69 Å². The molecule has 3 rings (SSSR count). The van der Waals surface area contributed by atoms with E-state index >= 15 is 0 Å². The van der Waals surface area contributed by atoms with Gasteiger partial charge in [0, 0.05) is 19.8 Å². The smallest absolute Gasteiger partial charge is 0.331 e. The minimum absolute atomic E-state index is 0.172. The molecule has 1 aromatic heterocycles. The number of aromatic nitrogens is 2. The van der Waals surface area contributed by atoms with Gasteiger partial charge in [-0.25, -0.2) is 9.36 Å². The molecule has 0 aliphatic carbocycles. The number of hydrogen-bond acceptors (Lipinski definition) is 4. The minimum atomic E-state index is -0.759. The molecule has 0 radical (unpaired) electrons. The van der Waals surface area contributed by atoms with Crippen LogP contribution in [-0.2, 0) is 17.9 Å². The van der Waals surface area contributed by atoms with Gasteiger partial charge < -0.3 is 4.90 Å². The summed E-state index contributed by atoms with van der Waals surface area (Å²) >= 11 is 0. The average Bonchev–Trinajstić information content (AvgIpc) is 2.78. The van der Waals surface area contributed by atoms with Gasteiger partial charge in [0.15, 0.2) is 0 Å². The second-order valence-corrected chi connectivity index (χ2v) is 6.84. The van der Waals surface area contributed by atoms with Gasteiger partial charge in [-0.15, -0.1) is 0 Å². The molecule has 0 aliphatic heterocycles. The fourth-order valence-electron chi connectivity index (χ4n) is 3.40. The van der Waals surface area contributed by atoms with E-state index in [9.17, 15) is 19.6 Å². The number of aryl methyl sites for hydroxylation is 1. The fraction of sp³-hybridized carbons (Fsp3) is 0.217. The van der Waals surface area contributed by atoms with E-state index in [1.165, 1.54) is 15.7 Å². The Hall–Kier alpha value is -3.92. The van der Waals surface area contributed by atoms with E-state index in [1.807, 2.05) is 60.7 Å². The number of carbonyl (C=O) groups is 1. The summed E-state index contributed by atoms with van der Waals surface area (Å²) in [5.74, 6) is -0.412. The first-order chi connectivity index (χ1) is 14.5. The zero-order valence-electron chi connectivity index (χ0n) is 16.9. The summed E-state index contributed by atoms with van der Waals surface area (Å²) in [5, 5.41) is 9.21. The number of hydrogen-bond donors (Lipinski definition) is 0. The summed E-state index contributed by atoms with van der Waals surface area (Å²) in [6.07, 6.45) is 1.23. The molecular weight excluding hydrogens is 380 g/mol. The van der Waals surface area contributed by atoms with Crippen LogP contribution in [0.2, 0.25) is 0 Å². The SMILES string of the molecule is CCn1cc(C#N)c(=O)n(CC(=O)N(C)C(c2ccccc2)c2ccccc2)c1=O. The lowest BCUT2D eigenvalue weighted by atomic mass is 9.97. The lowest BCUT2D eigenvalue weighted by Crippen LogP contribution is -2.45. The summed E-state index contributed by atoms with van der Waals surface area (Å²) in [7, 11) is 1.64. The van der Waals surface area contributed by atoms with Crippen LogP contribution in [0.4, 0.5) is 0 Å². The minimum Gasteiger partial charge on any atom is -0.333 e. The highest BCUT2D eigenvalue weighted by molar-refractivity contribution is 5.76. The van der Waals surface area contributed by atoms with Crippen molar-refractivity contribution in [3.8, 4) is 6.07 Å². The first-order valence-corrected chi connectivity index (χ1v) is 9.57. The number of carbonyl (C=O) groups excluding carboxylic acids is 1. The Labute approximate surface area is 174 Å². The van der Waals surface area contributed by atoms with Crippen LogP contribution >= 0.6 is 0 Å². The molecule has 0 spiro atoms. The quantitative estimate of drug-likeness (QED) is 0.632. The molecule has 2 aromatic carbocycles. The van der Waals surface area contributed by atoms with Crippen molar-refractivity contribution in [2.24, 2.45) is 0 Å². The molecule has 1 amide bonds. The summed E-state index contributed by atoms with van der Waals surface area (Å²) in [6.45, 7) is 1.57. The predicted molar refractivity (Wildman–Crippen MR) is 113 cm³/mol. The normalized spacial score (nSPS) is 10.6. The first kappa shape index (κ1) is 20.8. The van der Waals surface area contributed by atoms with Crippen LogP contribution in [0.15, 0.2) is 76.4 Å². The molecular formula is C23H22N4O3. The van der Waals surface area contributed by atoms with Crippen molar-refractivity contribution in [1.29, 1.82) is 5.26 Å². The van der Waals surface area contributed by atoms with Gasteiger partial charge in [0.1, 0.15) is 18.2 Å². The van der Waals surface area contributed by atoms with Crippen molar-refractivity contribution >= 4 is 5.91 Å². The number of rotatable bonds is 6. The van der Waals surface area contributed by atoms with Crippen LogP contribution in [-0.4, -0.2) is 27.0 Å². The van der Waals surface area contributed by atoms with Crippen LogP contribution < -0.4 is 11.2 Å². The topological polar surface area (TPSA) is 88.1 Å². The fourth-order valence-corrected chi connectivity index (χ4v) is 3.40. The summed E-state index contributed by atoms with van der Waals surface area (Å²) in [5.41, 5.74) is 0.269. The van der Waals surface area contributed by atoms with E-state index in [1.54, 1.807) is 20.0 Å². The second kappa shape index (κ2) is 9.05. The predicted octanol–water partition coefficient (Wildman–Crippen LogP) is 2.15. The van der Waals surface area contributed by atoms with E-state index in [-0.39, 0.29) is 18.2 Å². The van der Waals surface area contributed by atoms with Gasteiger partial charge in [-0.3, -0.25) is 14.2 Å². The number of benzene rings is 2. The van der Waals surface area contributed by atoms with Gasteiger partial charge in [0.25, 0.3) is 5.56 Å². The Morgan fingerprint density at radius 3 is 2.03 bits per heavy atom. The molecule has 7 nitrogen and oxygen atoms in total. The maximum absolute atomic E-state index is 13.1. The Morgan fingerprint density at radius 1 is 1.03 bits per heavy atom. The highest BCUT2D eigenvalue weighted by atomic mass is 16.2. The third-order valence-electron chi connectivity index (χ3n) is 5.00. The Morgan fingerprint density at radius 2 is 1.57 bits per heavy atom. The Kier molecular flexibility index (Phi) is 6.28.